The van der Waals surface area contributed by atoms with E-state index in [9.17, 15) is 9.90 Å². The Kier molecular flexibility index (Phi) is 9.73. The molecule has 1 atom stereocenters. The summed E-state index contributed by atoms with van der Waals surface area (Å²) < 4.78 is 12.0. The normalized spacial score (nSPS) is 14.4. The monoisotopic (exact) mass is 768 g/mol. The maximum atomic E-state index is 15.3. The summed E-state index contributed by atoms with van der Waals surface area (Å²) in [6, 6.07) is 13.4. The van der Waals surface area contributed by atoms with E-state index in [1.165, 1.54) is 0 Å². The molecule has 0 spiro atoms. The SMILES string of the molecule is CCN(C)c1cc(N2C[C@@H](C)n3c(c(CCCOc4cc(C)c(Cl)c(C)c4)c4ccc(Cl)c(-c5c(C)nn(C)c5C)c43)C2=O)c2c(c1)cc(C(=O)O)n2C. The van der Waals surface area contributed by atoms with Crippen molar-refractivity contribution in [3.63, 3.8) is 0 Å². The standard InChI is InChI=1S/C42H46Cl2N6O4/c1-10-46(7)28-18-27-19-34(42(52)53)47(8)38(27)33(20-28)49-21-24(4)50-39-31(13-14-32(43)36(39)35-25(5)45-48(9)26(35)6)30(40(50)41(49)51)12-11-15-54-29-16-22(2)37(44)23(3)17-29/h13-14,16-20,24H,10-12,15,21H2,1-9H3,(H,52,53)/t24-/m1/s1. The van der Waals surface area contributed by atoms with E-state index in [0.717, 1.165) is 78.5 Å². The van der Waals surface area contributed by atoms with Crippen LogP contribution in [-0.4, -0.2) is 62.6 Å². The molecule has 54 heavy (non-hydrogen) atoms. The summed E-state index contributed by atoms with van der Waals surface area (Å²) in [4.78, 5) is 31.5. The number of carboxylic acid groups (broad SMARTS) is 1. The molecule has 6 aromatic rings. The van der Waals surface area contributed by atoms with Gasteiger partial charge in [0.2, 0.25) is 0 Å². The molecule has 4 heterocycles. The number of nitrogens with zero attached hydrogens (tertiary/aromatic N) is 6. The number of carboxylic acids is 1. The highest BCUT2D eigenvalue weighted by Crippen LogP contribution is 2.46. The lowest BCUT2D eigenvalue weighted by molar-refractivity contribution is 0.0687. The highest BCUT2D eigenvalue weighted by Gasteiger charge is 2.38. The van der Waals surface area contributed by atoms with Crippen LogP contribution in [0.5, 0.6) is 5.75 Å². The van der Waals surface area contributed by atoms with Crippen LogP contribution in [-0.2, 0) is 20.5 Å². The second-order valence-corrected chi connectivity index (χ2v) is 15.4. The molecule has 10 nitrogen and oxygen atoms in total. The number of aromatic nitrogens is 4. The lowest BCUT2D eigenvalue weighted by atomic mass is 9.98. The average Bonchev–Trinajstić information content (AvgIpc) is 3.74. The van der Waals surface area contributed by atoms with Crippen molar-refractivity contribution in [3.8, 4) is 16.9 Å². The third-order valence-electron chi connectivity index (χ3n) is 11.1. The van der Waals surface area contributed by atoms with E-state index in [0.29, 0.717) is 47.9 Å². The number of aromatic carboxylic acids is 1. The Balaban J connectivity index is 1.41. The van der Waals surface area contributed by atoms with Crippen LogP contribution in [0.15, 0.2) is 42.5 Å². The minimum absolute atomic E-state index is 0.151. The zero-order valence-corrected chi connectivity index (χ0v) is 33.8. The van der Waals surface area contributed by atoms with Crippen molar-refractivity contribution in [3.05, 3.63) is 92.0 Å². The zero-order valence-electron chi connectivity index (χ0n) is 32.3. The molecule has 282 valence electrons. The van der Waals surface area contributed by atoms with E-state index in [1.54, 1.807) is 17.7 Å². The Labute approximate surface area is 325 Å². The van der Waals surface area contributed by atoms with E-state index < -0.39 is 5.97 Å². The number of hydrogen-bond donors (Lipinski definition) is 1. The Morgan fingerprint density at radius 2 is 1.72 bits per heavy atom. The summed E-state index contributed by atoms with van der Waals surface area (Å²) in [5, 5.41) is 17.9. The largest absolute Gasteiger partial charge is 0.494 e. The molecular weight excluding hydrogens is 723 g/mol. The van der Waals surface area contributed by atoms with Gasteiger partial charge in [-0.25, -0.2) is 4.79 Å². The minimum Gasteiger partial charge on any atom is -0.494 e. The minimum atomic E-state index is -1.03. The number of hydrogen-bond acceptors (Lipinski definition) is 5. The van der Waals surface area contributed by atoms with Gasteiger partial charge in [0, 0.05) is 78.6 Å². The van der Waals surface area contributed by atoms with E-state index in [-0.39, 0.29) is 17.6 Å². The maximum absolute atomic E-state index is 15.3. The van der Waals surface area contributed by atoms with Crippen molar-refractivity contribution in [1.82, 2.24) is 18.9 Å². The molecular formula is C42H46Cl2N6O4. The summed E-state index contributed by atoms with van der Waals surface area (Å²) in [7, 11) is 5.66. The van der Waals surface area contributed by atoms with Gasteiger partial charge in [0.25, 0.3) is 5.91 Å². The Morgan fingerprint density at radius 1 is 1.02 bits per heavy atom. The molecule has 1 amide bonds. The van der Waals surface area contributed by atoms with Gasteiger partial charge < -0.3 is 28.8 Å². The van der Waals surface area contributed by atoms with Crippen LogP contribution in [0.3, 0.4) is 0 Å². The molecule has 12 heteroatoms. The van der Waals surface area contributed by atoms with Crippen molar-refractivity contribution in [1.29, 1.82) is 0 Å². The summed E-state index contributed by atoms with van der Waals surface area (Å²) >= 11 is 13.5. The molecule has 0 fully saturated rings. The van der Waals surface area contributed by atoms with Crippen LogP contribution < -0.4 is 14.5 Å². The summed E-state index contributed by atoms with van der Waals surface area (Å²) in [5.74, 6) is -0.418. The number of rotatable bonds is 10. The van der Waals surface area contributed by atoms with Crippen molar-refractivity contribution in [2.24, 2.45) is 14.1 Å². The number of aryl methyl sites for hydroxylation is 6. The molecule has 1 aliphatic heterocycles. The van der Waals surface area contributed by atoms with E-state index in [4.69, 9.17) is 33.0 Å². The molecule has 0 aliphatic carbocycles. The van der Waals surface area contributed by atoms with Crippen molar-refractivity contribution in [2.75, 3.05) is 36.5 Å². The molecule has 0 bridgehead atoms. The maximum Gasteiger partial charge on any atom is 0.352 e. The summed E-state index contributed by atoms with van der Waals surface area (Å²) in [5.41, 5.74) is 10.4. The van der Waals surface area contributed by atoms with E-state index in [1.807, 2.05) is 87.8 Å². The van der Waals surface area contributed by atoms with Crippen LogP contribution in [0.25, 0.3) is 32.9 Å². The van der Waals surface area contributed by atoms with Gasteiger partial charge in [-0.3, -0.25) is 9.48 Å². The molecule has 3 aromatic heterocycles. The number of ether oxygens (including phenoxy) is 1. The fourth-order valence-electron chi connectivity index (χ4n) is 8.22. The zero-order chi connectivity index (χ0) is 38.9. The quantitative estimate of drug-likeness (QED) is 0.140. The van der Waals surface area contributed by atoms with Crippen molar-refractivity contribution in [2.45, 2.75) is 60.4 Å². The predicted molar refractivity (Wildman–Crippen MR) is 219 cm³/mol. The molecule has 0 unspecified atom stereocenters. The van der Waals surface area contributed by atoms with Crippen LogP contribution in [0.1, 0.15) is 75.4 Å². The third kappa shape index (κ3) is 6.00. The molecule has 0 saturated heterocycles. The number of benzene rings is 3. The van der Waals surface area contributed by atoms with E-state index in [2.05, 4.69) is 23.3 Å². The lowest BCUT2D eigenvalue weighted by Crippen LogP contribution is -2.43. The molecule has 1 aliphatic rings. The first-order valence-electron chi connectivity index (χ1n) is 18.3. The first-order valence-corrected chi connectivity index (χ1v) is 19.0. The highest BCUT2D eigenvalue weighted by atomic mass is 35.5. The van der Waals surface area contributed by atoms with Gasteiger partial charge in [0.05, 0.1) is 34.0 Å². The molecule has 3 aromatic carbocycles. The number of anilines is 2. The van der Waals surface area contributed by atoms with E-state index >= 15 is 4.79 Å². The molecule has 0 saturated carbocycles. The number of carbonyl (C=O) groups excluding carboxylic acids is 1. The second kappa shape index (κ2) is 14.0. The van der Waals surface area contributed by atoms with Crippen molar-refractivity contribution < 1.29 is 19.4 Å². The number of amides is 1. The van der Waals surface area contributed by atoms with Gasteiger partial charge in [-0.1, -0.05) is 29.3 Å². The summed E-state index contributed by atoms with van der Waals surface area (Å²) in [6.07, 6.45) is 1.22. The van der Waals surface area contributed by atoms with Crippen LogP contribution >= 0.6 is 23.2 Å². The summed E-state index contributed by atoms with van der Waals surface area (Å²) in [6.45, 7) is 13.7. The number of carbonyl (C=O) groups is 2. The number of halogens is 2. The predicted octanol–water partition coefficient (Wildman–Crippen LogP) is 9.46. The van der Waals surface area contributed by atoms with Crippen LogP contribution in [0.2, 0.25) is 10.0 Å². The topological polar surface area (TPSA) is 97.8 Å². The van der Waals surface area contributed by atoms with Gasteiger partial charge in [0.15, 0.2) is 0 Å². The molecule has 7 rings (SSSR count). The van der Waals surface area contributed by atoms with Crippen molar-refractivity contribution >= 4 is 68.3 Å². The number of fused-ring (bicyclic) bond motifs is 4. The lowest BCUT2D eigenvalue weighted by Gasteiger charge is -2.35. The van der Waals surface area contributed by atoms with Crippen LogP contribution in [0.4, 0.5) is 11.4 Å². The van der Waals surface area contributed by atoms with Gasteiger partial charge >= 0.3 is 5.97 Å². The Bertz CT molecular complexity index is 2490. The first kappa shape index (κ1) is 37.4. The average molecular weight is 770 g/mol. The fraction of sp³-hybridized carbons (Fsp3) is 0.357. The second-order valence-electron chi connectivity index (χ2n) is 14.6. The van der Waals surface area contributed by atoms with Gasteiger partial charge in [0.1, 0.15) is 17.1 Å². The highest BCUT2D eigenvalue weighted by molar-refractivity contribution is 6.35. The fourth-order valence-corrected chi connectivity index (χ4v) is 8.57. The Morgan fingerprint density at radius 3 is 2.35 bits per heavy atom. The van der Waals surface area contributed by atoms with Crippen LogP contribution in [0, 0.1) is 27.7 Å². The first-order chi connectivity index (χ1) is 25.6. The third-order valence-corrected chi connectivity index (χ3v) is 12.0. The van der Waals surface area contributed by atoms with Gasteiger partial charge in [-0.2, -0.15) is 5.10 Å². The smallest absolute Gasteiger partial charge is 0.352 e. The van der Waals surface area contributed by atoms with Gasteiger partial charge in [-0.15, -0.1) is 0 Å². The Hall–Kier alpha value is -4.93. The molecule has 0 radical (unpaired) electrons. The van der Waals surface area contributed by atoms with Gasteiger partial charge in [-0.05, 0) is 107 Å². The molecule has 1 N–H and O–H groups in total.